The summed E-state index contributed by atoms with van der Waals surface area (Å²) in [5.74, 6) is 1.49. The van der Waals surface area contributed by atoms with Crippen LogP contribution in [0.5, 0.6) is 5.75 Å². The number of nitrogens with one attached hydrogen (secondary N) is 1. The van der Waals surface area contributed by atoms with Crippen LogP contribution in [0.4, 0.5) is 5.69 Å². The molecule has 5 nitrogen and oxygen atoms in total. The molecule has 5 heteroatoms. The second-order valence-corrected chi connectivity index (χ2v) is 3.63. The van der Waals surface area contributed by atoms with Gasteiger partial charge in [-0.2, -0.15) is 5.10 Å². The highest BCUT2D eigenvalue weighted by Crippen LogP contribution is 2.25. The van der Waals surface area contributed by atoms with E-state index < -0.39 is 0 Å². The predicted octanol–water partition coefficient (Wildman–Crippen LogP) is 1.71. The molecule has 4 N–H and O–H groups in total. The van der Waals surface area contributed by atoms with E-state index in [0.717, 1.165) is 24.2 Å². The second-order valence-electron chi connectivity index (χ2n) is 3.63. The Morgan fingerprint density at radius 3 is 2.94 bits per heavy atom. The molecule has 16 heavy (non-hydrogen) atoms. The number of rotatable bonds is 3. The van der Waals surface area contributed by atoms with Gasteiger partial charge in [-0.15, -0.1) is 0 Å². The third-order valence-electron chi connectivity index (χ3n) is 2.31. The molecule has 0 spiro atoms. The van der Waals surface area contributed by atoms with Gasteiger partial charge in [-0.05, 0) is 24.6 Å². The average Bonchev–Trinajstić information content (AvgIpc) is 2.71. The van der Waals surface area contributed by atoms with Crippen molar-refractivity contribution < 1.29 is 5.11 Å². The van der Waals surface area contributed by atoms with Gasteiger partial charge in [0.25, 0.3) is 0 Å². The largest absolute Gasteiger partial charge is 0.506 e. The molecule has 0 aliphatic carbocycles. The van der Waals surface area contributed by atoms with Gasteiger partial charge in [0, 0.05) is 12.0 Å². The van der Waals surface area contributed by atoms with Gasteiger partial charge < -0.3 is 10.8 Å². The van der Waals surface area contributed by atoms with Crippen molar-refractivity contribution in [3.05, 3.63) is 24.0 Å². The van der Waals surface area contributed by atoms with Crippen molar-refractivity contribution in [3.63, 3.8) is 0 Å². The van der Waals surface area contributed by atoms with Crippen molar-refractivity contribution in [2.24, 2.45) is 0 Å². The molecule has 0 bridgehead atoms. The number of phenolic OH excluding ortho intramolecular Hbond substituents is 1. The van der Waals surface area contributed by atoms with Gasteiger partial charge in [-0.25, -0.2) is 4.98 Å². The summed E-state index contributed by atoms with van der Waals surface area (Å²) in [6, 6.07) is 4.99. The van der Waals surface area contributed by atoms with Crippen LogP contribution in [0, 0.1) is 0 Å². The van der Waals surface area contributed by atoms with Crippen LogP contribution in [-0.2, 0) is 6.42 Å². The number of hydrogen-bond donors (Lipinski definition) is 3. The van der Waals surface area contributed by atoms with Crippen molar-refractivity contribution in [3.8, 4) is 17.1 Å². The lowest BCUT2D eigenvalue weighted by Crippen LogP contribution is -1.87. The molecular weight excluding hydrogens is 204 g/mol. The summed E-state index contributed by atoms with van der Waals surface area (Å²) in [6.45, 7) is 2.08. The Labute approximate surface area is 93.3 Å². The van der Waals surface area contributed by atoms with E-state index in [-0.39, 0.29) is 5.75 Å². The fourth-order valence-electron chi connectivity index (χ4n) is 1.46. The Morgan fingerprint density at radius 1 is 1.44 bits per heavy atom. The van der Waals surface area contributed by atoms with E-state index in [2.05, 4.69) is 22.1 Å². The molecule has 0 radical (unpaired) electrons. The molecule has 0 fully saturated rings. The quantitative estimate of drug-likeness (QED) is 0.540. The molecular formula is C11H14N4O. The Morgan fingerprint density at radius 2 is 2.25 bits per heavy atom. The van der Waals surface area contributed by atoms with Crippen molar-refractivity contribution in [2.45, 2.75) is 19.8 Å². The van der Waals surface area contributed by atoms with Crippen LogP contribution >= 0.6 is 0 Å². The van der Waals surface area contributed by atoms with E-state index in [1.165, 1.54) is 0 Å². The Bertz CT molecular complexity index is 492. The fourth-order valence-corrected chi connectivity index (χ4v) is 1.46. The average molecular weight is 218 g/mol. The highest BCUT2D eigenvalue weighted by Gasteiger charge is 2.07. The summed E-state index contributed by atoms with van der Waals surface area (Å²) < 4.78 is 0. The van der Waals surface area contributed by atoms with Gasteiger partial charge in [0.05, 0.1) is 5.69 Å². The lowest BCUT2D eigenvalue weighted by atomic mass is 10.2. The van der Waals surface area contributed by atoms with Gasteiger partial charge in [0.1, 0.15) is 11.6 Å². The van der Waals surface area contributed by atoms with E-state index >= 15 is 0 Å². The first-order chi connectivity index (χ1) is 7.70. The molecule has 0 aliphatic heterocycles. The molecule has 1 aromatic heterocycles. The summed E-state index contributed by atoms with van der Waals surface area (Å²) >= 11 is 0. The molecule has 84 valence electrons. The smallest absolute Gasteiger partial charge is 0.181 e. The maximum absolute atomic E-state index is 9.48. The minimum absolute atomic E-state index is 0.0549. The number of hydrogen-bond acceptors (Lipinski definition) is 4. The van der Waals surface area contributed by atoms with Crippen LogP contribution in [-0.4, -0.2) is 20.3 Å². The zero-order valence-corrected chi connectivity index (χ0v) is 9.07. The molecule has 2 aromatic rings. The Hall–Kier alpha value is -2.04. The number of aromatic amines is 1. The summed E-state index contributed by atoms with van der Waals surface area (Å²) in [7, 11) is 0. The van der Waals surface area contributed by atoms with Crippen LogP contribution in [0.3, 0.4) is 0 Å². The van der Waals surface area contributed by atoms with Crippen molar-refractivity contribution in [1.29, 1.82) is 0 Å². The number of benzene rings is 1. The zero-order valence-electron chi connectivity index (χ0n) is 9.07. The number of aryl methyl sites for hydroxylation is 1. The summed E-state index contributed by atoms with van der Waals surface area (Å²) in [5, 5.41) is 16.4. The third-order valence-corrected chi connectivity index (χ3v) is 2.31. The molecule has 1 aromatic carbocycles. The number of aromatic hydroxyl groups is 1. The normalized spacial score (nSPS) is 10.6. The molecule has 2 rings (SSSR count). The molecule has 1 heterocycles. The minimum atomic E-state index is 0.0549. The van der Waals surface area contributed by atoms with E-state index in [9.17, 15) is 5.11 Å². The molecule has 0 amide bonds. The van der Waals surface area contributed by atoms with Gasteiger partial charge in [-0.1, -0.05) is 6.92 Å². The number of anilines is 1. The lowest BCUT2D eigenvalue weighted by molar-refractivity contribution is 0.478. The number of aromatic nitrogens is 3. The first-order valence-corrected chi connectivity index (χ1v) is 5.21. The van der Waals surface area contributed by atoms with Gasteiger partial charge >= 0.3 is 0 Å². The Kier molecular flexibility index (Phi) is 2.76. The zero-order chi connectivity index (χ0) is 11.5. The van der Waals surface area contributed by atoms with Crippen molar-refractivity contribution in [2.75, 3.05) is 5.73 Å². The molecule has 0 saturated heterocycles. The van der Waals surface area contributed by atoms with Gasteiger partial charge in [0.2, 0.25) is 0 Å². The van der Waals surface area contributed by atoms with Crippen molar-refractivity contribution in [1.82, 2.24) is 15.2 Å². The van der Waals surface area contributed by atoms with Crippen LogP contribution in [0.25, 0.3) is 11.4 Å². The Balaban J connectivity index is 2.31. The molecule has 0 aliphatic rings. The first-order valence-electron chi connectivity index (χ1n) is 5.21. The van der Waals surface area contributed by atoms with Crippen LogP contribution in [0.1, 0.15) is 19.2 Å². The summed E-state index contributed by atoms with van der Waals surface area (Å²) in [4.78, 5) is 4.32. The van der Waals surface area contributed by atoms with Gasteiger partial charge in [-0.3, -0.25) is 5.10 Å². The minimum Gasteiger partial charge on any atom is -0.506 e. The van der Waals surface area contributed by atoms with Crippen molar-refractivity contribution >= 4 is 5.69 Å². The second kappa shape index (κ2) is 4.22. The highest BCUT2D eigenvalue weighted by atomic mass is 16.3. The van der Waals surface area contributed by atoms with Crippen LogP contribution in [0.15, 0.2) is 18.2 Å². The molecule has 0 atom stereocenters. The van der Waals surface area contributed by atoms with E-state index in [1.807, 2.05) is 0 Å². The van der Waals surface area contributed by atoms with E-state index in [4.69, 9.17) is 5.73 Å². The molecule has 0 unspecified atom stereocenters. The maximum Gasteiger partial charge on any atom is 0.181 e. The number of nitrogen functional groups attached to an aromatic ring is 1. The standard InChI is InChI=1S/C11H14N4O/c1-2-3-10-13-11(15-14-10)7-4-5-8(12)9(16)6-7/h4-6,16H,2-3,12H2,1H3,(H,13,14,15). The van der Waals surface area contributed by atoms with E-state index in [0.29, 0.717) is 11.5 Å². The topological polar surface area (TPSA) is 87.8 Å². The van der Waals surface area contributed by atoms with Crippen LogP contribution < -0.4 is 5.73 Å². The maximum atomic E-state index is 9.48. The lowest BCUT2D eigenvalue weighted by Gasteiger charge is -1.99. The summed E-state index contributed by atoms with van der Waals surface area (Å²) in [6.07, 6.45) is 1.88. The SMILES string of the molecule is CCCc1nc(-c2ccc(N)c(O)c2)n[nH]1. The molecule has 0 saturated carbocycles. The first kappa shape index (κ1) is 10.5. The summed E-state index contributed by atoms with van der Waals surface area (Å²) in [5.41, 5.74) is 6.63. The third kappa shape index (κ3) is 1.98. The number of nitrogens with two attached hydrogens (primary N) is 1. The van der Waals surface area contributed by atoms with Gasteiger partial charge in [0.15, 0.2) is 5.82 Å². The van der Waals surface area contributed by atoms with Crippen LogP contribution in [0.2, 0.25) is 0 Å². The van der Waals surface area contributed by atoms with E-state index in [1.54, 1.807) is 18.2 Å². The predicted molar refractivity (Wildman–Crippen MR) is 61.9 cm³/mol. The number of phenols is 1. The highest BCUT2D eigenvalue weighted by molar-refractivity contribution is 5.64. The number of H-pyrrole nitrogens is 1. The fraction of sp³-hybridized carbons (Fsp3) is 0.273. The monoisotopic (exact) mass is 218 g/mol. The number of nitrogens with zero attached hydrogens (tertiary/aromatic N) is 2.